The molecule has 1 N–H and O–H groups in total. The summed E-state index contributed by atoms with van der Waals surface area (Å²) in [4.78, 5) is 0. The summed E-state index contributed by atoms with van der Waals surface area (Å²) in [6.07, 6.45) is 3.51. The van der Waals surface area contributed by atoms with Crippen LogP contribution in [-0.4, -0.2) is 25.8 Å². The minimum atomic E-state index is 0.0196. The number of hydrogen-bond donors (Lipinski definition) is 1. The zero-order valence-corrected chi connectivity index (χ0v) is 10.5. The molecule has 0 aromatic heterocycles. The van der Waals surface area contributed by atoms with E-state index in [-0.39, 0.29) is 5.60 Å². The summed E-state index contributed by atoms with van der Waals surface area (Å²) in [5, 5.41) is 3.18. The average Bonchev–Trinajstić information content (AvgIpc) is 2.13. The molecular formula is C12H27NO. The Kier molecular flexibility index (Phi) is 7.20. The lowest BCUT2D eigenvalue weighted by Crippen LogP contribution is -2.38. The maximum absolute atomic E-state index is 5.91. The quantitative estimate of drug-likeness (QED) is 0.610. The minimum Gasteiger partial charge on any atom is -0.374 e. The Hall–Kier alpha value is -0.0800. The molecule has 14 heavy (non-hydrogen) atoms. The average molecular weight is 201 g/mol. The van der Waals surface area contributed by atoms with Crippen LogP contribution in [0, 0.1) is 5.92 Å². The Morgan fingerprint density at radius 3 is 2.43 bits per heavy atom. The van der Waals surface area contributed by atoms with Crippen molar-refractivity contribution in [3.8, 4) is 0 Å². The summed E-state index contributed by atoms with van der Waals surface area (Å²) >= 11 is 0. The van der Waals surface area contributed by atoms with Crippen molar-refractivity contribution in [2.75, 3.05) is 20.2 Å². The highest BCUT2D eigenvalue weighted by molar-refractivity contribution is 4.75. The van der Waals surface area contributed by atoms with Gasteiger partial charge in [-0.3, -0.25) is 0 Å². The van der Waals surface area contributed by atoms with E-state index in [0.717, 1.165) is 25.5 Å². The SMILES string of the molecule is CCC(C)(CNC)OCCCC(C)C. The second-order valence-electron chi connectivity index (χ2n) is 4.72. The van der Waals surface area contributed by atoms with E-state index in [2.05, 4.69) is 33.0 Å². The molecule has 1 atom stereocenters. The van der Waals surface area contributed by atoms with Gasteiger partial charge in [0, 0.05) is 13.2 Å². The van der Waals surface area contributed by atoms with Crippen LogP contribution in [0.2, 0.25) is 0 Å². The van der Waals surface area contributed by atoms with Gasteiger partial charge in [0.1, 0.15) is 0 Å². The predicted octanol–water partition coefficient (Wildman–Crippen LogP) is 2.83. The molecule has 0 aromatic rings. The minimum absolute atomic E-state index is 0.0196. The fourth-order valence-corrected chi connectivity index (χ4v) is 1.46. The van der Waals surface area contributed by atoms with E-state index in [4.69, 9.17) is 4.74 Å². The van der Waals surface area contributed by atoms with Crippen molar-refractivity contribution in [1.29, 1.82) is 0 Å². The Morgan fingerprint density at radius 1 is 1.36 bits per heavy atom. The number of rotatable bonds is 8. The van der Waals surface area contributed by atoms with Gasteiger partial charge in [-0.25, -0.2) is 0 Å². The van der Waals surface area contributed by atoms with Crippen molar-refractivity contribution < 1.29 is 4.74 Å². The van der Waals surface area contributed by atoms with Crippen LogP contribution < -0.4 is 5.32 Å². The number of nitrogens with one attached hydrogen (secondary N) is 1. The molecule has 2 heteroatoms. The summed E-state index contributed by atoms with van der Waals surface area (Å²) < 4.78 is 5.91. The predicted molar refractivity (Wildman–Crippen MR) is 62.6 cm³/mol. The lowest BCUT2D eigenvalue weighted by atomic mass is 10.0. The van der Waals surface area contributed by atoms with Gasteiger partial charge in [0.05, 0.1) is 5.60 Å². The second-order valence-corrected chi connectivity index (χ2v) is 4.72. The molecule has 0 spiro atoms. The van der Waals surface area contributed by atoms with Crippen LogP contribution in [0.3, 0.4) is 0 Å². The highest BCUT2D eigenvalue weighted by Gasteiger charge is 2.21. The largest absolute Gasteiger partial charge is 0.374 e. The van der Waals surface area contributed by atoms with Gasteiger partial charge in [-0.05, 0) is 39.2 Å². The highest BCUT2D eigenvalue weighted by Crippen LogP contribution is 2.15. The van der Waals surface area contributed by atoms with Gasteiger partial charge < -0.3 is 10.1 Å². The zero-order valence-electron chi connectivity index (χ0n) is 10.5. The van der Waals surface area contributed by atoms with Crippen LogP contribution in [0.15, 0.2) is 0 Å². The summed E-state index contributed by atoms with van der Waals surface area (Å²) in [7, 11) is 1.98. The van der Waals surface area contributed by atoms with Crippen LogP contribution in [0.25, 0.3) is 0 Å². The number of hydrogen-bond acceptors (Lipinski definition) is 2. The first-order valence-corrected chi connectivity index (χ1v) is 5.82. The second kappa shape index (κ2) is 7.24. The Morgan fingerprint density at radius 2 is 2.00 bits per heavy atom. The summed E-state index contributed by atoms with van der Waals surface area (Å²) in [6.45, 7) is 10.7. The van der Waals surface area contributed by atoms with E-state index >= 15 is 0 Å². The van der Waals surface area contributed by atoms with E-state index in [1.165, 1.54) is 12.8 Å². The van der Waals surface area contributed by atoms with Gasteiger partial charge in [0.15, 0.2) is 0 Å². The normalized spacial score (nSPS) is 15.9. The monoisotopic (exact) mass is 201 g/mol. The summed E-state index contributed by atoms with van der Waals surface area (Å²) in [6, 6.07) is 0. The molecular weight excluding hydrogens is 174 g/mol. The lowest BCUT2D eigenvalue weighted by Gasteiger charge is -2.28. The summed E-state index contributed by atoms with van der Waals surface area (Å²) in [5.41, 5.74) is 0.0196. The van der Waals surface area contributed by atoms with Crippen LogP contribution in [0.5, 0.6) is 0 Å². The van der Waals surface area contributed by atoms with Crippen LogP contribution in [0.1, 0.15) is 47.0 Å². The standard InChI is InChI=1S/C12H27NO/c1-6-12(4,10-13-5)14-9-7-8-11(2)3/h11,13H,6-10H2,1-5H3. The van der Waals surface area contributed by atoms with Crippen molar-refractivity contribution in [2.24, 2.45) is 5.92 Å². The Bertz CT molecular complexity index is 136. The van der Waals surface area contributed by atoms with E-state index < -0.39 is 0 Å². The number of ether oxygens (including phenoxy) is 1. The molecule has 0 aliphatic rings. The first-order valence-electron chi connectivity index (χ1n) is 5.82. The molecule has 0 amide bonds. The smallest absolute Gasteiger partial charge is 0.0775 e. The fraction of sp³-hybridized carbons (Fsp3) is 1.00. The molecule has 0 aromatic carbocycles. The topological polar surface area (TPSA) is 21.3 Å². The lowest BCUT2D eigenvalue weighted by molar-refractivity contribution is -0.0342. The van der Waals surface area contributed by atoms with Crippen molar-refractivity contribution in [3.05, 3.63) is 0 Å². The van der Waals surface area contributed by atoms with Gasteiger partial charge >= 0.3 is 0 Å². The van der Waals surface area contributed by atoms with Crippen molar-refractivity contribution in [3.63, 3.8) is 0 Å². The van der Waals surface area contributed by atoms with E-state index in [1.54, 1.807) is 0 Å². The third-order valence-electron chi connectivity index (χ3n) is 2.67. The van der Waals surface area contributed by atoms with Gasteiger partial charge in [0.25, 0.3) is 0 Å². The number of likely N-dealkylation sites (N-methyl/N-ethyl adjacent to an activating group) is 1. The fourth-order valence-electron chi connectivity index (χ4n) is 1.46. The van der Waals surface area contributed by atoms with E-state index in [0.29, 0.717) is 0 Å². The van der Waals surface area contributed by atoms with Gasteiger partial charge in [-0.1, -0.05) is 20.8 Å². The molecule has 0 rings (SSSR count). The Balaban J connectivity index is 3.61. The molecule has 1 unspecified atom stereocenters. The van der Waals surface area contributed by atoms with E-state index in [1.807, 2.05) is 7.05 Å². The molecule has 0 radical (unpaired) electrons. The molecule has 0 bridgehead atoms. The van der Waals surface area contributed by atoms with Gasteiger partial charge in [-0.2, -0.15) is 0 Å². The third kappa shape index (κ3) is 6.39. The molecule has 0 aliphatic heterocycles. The zero-order chi connectivity index (χ0) is 11.0. The molecule has 0 saturated carbocycles. The van der Waals surface area contributed by atoms with Crippen molar-refractivity contribution in [2.45, 2.75) is 52.6 Å². The van der Waals surface area contributed by atoms with Crippen LogP contribution in [0.4, 0.5) is 0 Å². The molecule has 0 heterocycles. The molecule has 0 fully saturated rings. The first-order chi connectivity index (χ1) is 6.54. The summed E-state index contributed by atoms with van der Waals surface area (Å²) in [5.74, 6) is 0.788. The van der Waals surface area contributed by atoms with Crippen molar-refractivity contribution in [1.82, 2.24) is 5.32 Å². The van der Waals surface area contributed by atoms with Crippen LogP contribution in [-0.2, 0) is 4.74 Å². The highest BCUT2D eigenvalue weighted by atomic mass is 16.5. The van der Waals surface area contributed by atoms with E-state index in [9.17, 15) is 0 Å². The molecule has 0 saturated heterocycles. The maximum atomic E-state index is 5.91. The van der Waals surface area contributed by atoms with Crippen molar-refractivity contribution >= 4 is 0 Å². The first kappa shape index (κ1) is 13.9. The van der Waals surface area contributed by atoms with Gasteiger partial charge in [-0.15, -0.1) is 0 Å². The molecule has 0 aliphatic carbocycles. The maximum Gasteiger partial charge on any atom is 0.0775 e. The van der Waals surface area contributed by atoms with Gasteiger partial charge in [0.2, 0.25) is 0 Å². The Labute approximate surface area is 89.4 Å². The molecule has 86 valence electrons. The molecule has 2 nitrogen and oxygen atoms in total. The third-order valence-corrected chi connectivity index (χ3v) is 2.67. The van der Waals surface area contributed by atoms with Crippen LogP contribution >= 0.6 is 0 Å².